The summed E-state index contributed by atoms with van der Waals surface area (Å²) in [6, 6.07) is 11.7. The van der Waals surface area contributed by atoms with E-state index in [0.717, 1.165) is 5.56 Å². The molecule has 0 unspecified atom stereocenters. The van der Waals surface area contributed by atoms with Crippen molar-refractivity contribution in [2.24, 2.45) is 0 Å². The summed E-state index contributed by atoms with van der Waals surface area (Å²) in [6.07, 6.45) is -0.338. The van der Waals surface area contributed by atoms with Gasteiger partial charge in [-0.25, -0.2) is 4.39 Å². The number of ether oxygens (including phenoxy) is 2. The van der Waals surface area contributed by atoms with E-state index in [1.807, 2.05) is 31.2 Å². The molecule has 0 aliphatic rings. The summed E-state index contributed by atoms with van der Waals surface area (Å²) in [6.45, 7) is 2.06. The number of aryl methyl sites for hydroxylation is 1. The third kappa shape index (κ3) is 6.37. The van der Waals surface area contributed by atoms with Gasteiger partial charge >= 0.3 is 5.97 Å². The van der Waals surface area contributed by atoms with Crippen molar-refractivity contribution in [3.63, 3.8) is 0 Å². The minimum absolute atomic E-state index is 0.0473. The van der Waals surface area contributed by atoms with Gasteiger partial charge in [-0.1, -0.05) is 29.8 Å². The largest absolute Gasteiger partial charge is 0.492 e. The molecule has 2 aromatic carbocycles. The van der Waals surface area contributed by atoms with Gasteiger partial charge in [0.25, 0.3) is 5.91 Å². The average Bonchev–Trinajstić information content (AvgIpc) is 2.60. The van der Waals surface area contributed by atoms with Gasteiger partial charge < -0.3 is 14.8 Å². The van der Waals surface area contributed by atoms with E-state index in [0.29, 0.717) is 5.75 Å². The zero-order chi connectivity index (χ0) is 18.9. The highest BCUT2D eigenvalue weighted by Crippen LogP contribution is 2.19. The van der Waals surface area contributed by atoms with Crippen LogP contribution in [0.4, 0.5) is 4.39 Å². The van der Waals surface area contributed by atoms with Crippen molar-refractivity contribution in [1.82, 2.24) is 5.32 Å². The monoisotopic (exact) mass is 379 g/mol. The van der Waals surface area contributed by atoms with Crippen LogP contribution in [0.25, 0.3) is 0 Å². The molecule has 2 rings (SSSR count). The van der Waals surface area contributed by atoms with Crippen LogP contribution in [0.2, 0.25) is 5.02 Å². The summed E-state index contributed by atoms with van der Waals surface area (Å²) in [5.74, 6) is -1.08. The predicted molar refractivity (Wildman–Crippen MR) is 95.8 cm³/mol. The van der Waals surface area contributed by atoms with E-state index in [1.54, 1.807) is 0 Å². The Morgan fingerprint density at radius 3 is 2.69 bits per heavy atom. The third-order valence-electron chi connectivity index (χ3n) is 3.43. The summed E-state index contributed by atoms with van der Waals surface area (Å²) >= 11 is 5.84. The van der Waals surface area contributed by atoms with Crippen molar-refractivity contribution in [3.05, 3.63) is 64.4 Å². The average molecular weight is 380 g/mol. The first-order chi connectivity index (χ1) is 12.5. The number of halogens is 2. The molecule has 7 heteroatoms. The fourth-order valence-electron chi connectivity index (χ4n) is 2.16. The lowest BCUT2D eigenvalue weighted by Crippen LogP contribution is -2.32. The van der Waals surface area contributed by atoms with E-state index >= 15 is 0 Å². The van der Waals surface area contributed by atoms with Gasteiger partial charge in [0.1, 0.15) is 18.2 Å². The summed E-state index contributed by atoms with van der Waals surface area (Å²) in [4.78, 5) is 23.4. The fraction of sp³-hybridized carbons (Fsp3) is 0.263. The number of nitrogens with one attached hydrogen (secondary N) is 1. The molecule has 0 atom stereocenters. The number of amides is 1. The Morgan fingerprint density at radius 2 is 1.96 bits per heavy atom. The minimum atomic E-state index is -0.733. The maximum atomic E-state index is 13.6. The molecule has 0 aliphatic carbocycles. The molecule has 2 aromatic rings. The molecule has 0 saturated carbocycles. The second kappa shape index (κ2) is 9.77. The molecule has 0 aromatic heterocycles. The number of rotatable bonds is 8. The fourth-order valence-corrected chi connectivity index (χ4v) is 2.39. The van der Waals surface area contributed by atoms with Gasteiger partial charge in [-0.15, -0.1) is 0 Å². The first-order valence-electron chi connectivity index (χ1n) is 8.00. The van der Waals surface area contributed by atoms with E-state index in [-0.39, 0.29) is 30.2 Å². The lowest BCUT2D eigenvalue weighted by Gasteiger charge is -2.09. The molecule has 138 valence electrons. The third-order valence-corrected chi connectivity index (χ3v) is 3.78. The number of hydrogen-bond acceptors (Lipinski definition) is 4. The molecule has 0 radical (unpaired) electrons. The van der Waals surface area contributed by atoms with Gasteiger partial charge in [-0.3, -0.25) is 9.59 Å². The van der Waals surface area contributed by atoms with Crippen LogP contribution in [0.5, 0.6) is 5.75 Å². The molecule has 0 saturated heterocycles. The first kappa shape index (κ1) is 19.7. The zero-order valence-corrected chi connectivity index (χ0v) is 15.0. The Kier molecular flexibility index (Phi) is 7.41. The van der Waals surface area contributed by atoms with Crippen LogP contribution in [0.15, 0.2) is 42.5 Å². The van der Waals surface area contributed by atoms with Crippen LogP contribution in [0, 0.1) is 12.7 Å². The predicted octanol–water partition coefficient (Wildman–Crippen LogP) is 3.07. The molecular weight excluding hydrogens is 361 g/mol. The lowest BCUT2D eigenvalue weighted by molar-refractivity contribution is -0.147. The second-order valence-electron chi connectivity index (χ2n) is 5.55. The standard InChI is InChI=1S/C19H19ClFNO4/c1-13-4-2-5-14(10-13)25-9-8-22-18(23)12-26-19(24)11-15-16(20)6-3-7-17(15)21/h2-7,10H,8-9,11-12H2,1H3,(H,22,23). The van der Waals surface area contributed by atoms with Gasteiger partial charge in [0.2, 0.25) is 0 Å². The Hall–Kier alpha value is -2.60. The first-order valence-corrected chi connectivity index (χ1v) is 8.38. The smallest absolute Gasteiger partial charge is 0.310 e. The van der Waals surface area contributed by atoms with Gasteiger partial charge in [0, 0.05) is 10.6 Å². The van der Waals surface area contributed by atoms with Crippen molar-refractivity contribution >= 4 is 23.5 Å². The minimum Gasteiger partial charge on any atom is -0.492 e. The molecule has 0 aliphatic heterocycles. The Balaban J connectivity index is 1.66. The zero-order valence-electron chi connectivity index (χ0n) is 14.3. The highest BCUT2D eigenvalue weighted by molar-refractivity contribution is 6.31. The van der Waals surface area contributed by atoms with E-state index in [1.165, 1.54) is 18.2 Å². The molecule has 0 spiro atoms. The molecule has 1 N–H and O–H groups in total. The van der Waals surface area contributed by atoms with Gasteiger partial charge in [-0.2, -0.15) is 0 Å². The SMILES string of the molecule is Cc1cccc(OCCNC(=O)COC(=O)Cc2c(F)cccc2Cl)c1. The molecular formula is C19H19ClFNO4. The maximum absolute atomic E-state index is 13.6. The Morgan fingerprint density at radius 1 is 1.19 bits per heavy atom. The van der Waals surface area contributed by atoms with Gasteiger partial charge in [0.15, 0.2) is 6.61 Å². The van der Waals surface area contributed by atoms with E-state index in [9.17, 15) is 14.0 Å². The topological polar surface area (TPSA) is 64.6 Å². The van der Waals surface area contributed by atoms with Crippen LogP contribution in [-0.4, -0.2) is 31.6 Å². The maximum Gasteiger partial charge on any atom is 0.310 e. The Labute approximate surface area is 156 Å². The van der Waals surface area contributed by atoms with E-state index in [2.05, 4.69) is 5.32 Å². The molecule has 26 heavy (non-hydrogen) atoms. The number of carbonyl (C=O) groups is 2. The molecule has 0 heterocycles. The highest BCUT2D eigenvalue weighted by Gasteiger charge is 2.14. The van der Waals surface area contributed by atoms with Crippen LogP contribution >= 0.6 is 11.6 Å². The van der Waals surface area contributed by atoms with E-state index in [4.69, 9.17) is 21.1 Å². The van der Waals surface area contributed by atoms with Crippen molar-refractivity contribution in [2.75, 3.05) is 19.8 Å². The number of esters is 1. The molecule has 5 nitrogen and oxygen atoms in total. The lowest BCUT2D eigenvalue weighted by atomic mass is 10.1. The quantitative estimate of drug-likeness (QED) is 0.565. The number of carbonyl (C=O) groups excluding carboxylic acids is 2. The van der Waals surface area contributed by atoms with Crippen molar-refractivity contribution in [1.29, 1.82) is 0 Å². The molecule has 0 fully saturated rings. The highest BCUT2D eigenvalue weighted by atomic mass is 35.5. The van der Waals surface area contributed by atoms with Crippen molar-refractivity contribution in [3.8, 4) is 5.75 Å². The van der Waals surface area contributed by atoms with Crippen LogP contribution < -0.4 is 10.1 Å². The van der Waals surface area contributed by atoms with Crippen molar-refractivity contribution < 1.29 is 23.5 Å². The summed E-state index contributed by atoms with van der Waals surface area (Å²) in [5.41, 5.74) is 1.12. The Bertz CT molecular complexity index is 762. The number of hydrogen-bond donors (Lipinski definition) is 1. The van der Waals surface area contributed by atoms with E-state index < -0.39 is 24.3 Å². The summed E-state index contributed by atoms with van der Waals surface area (Å²) in [5, 5.41) is 2.71. The summed E-state index contributed by atoms with van der Waals surface area (Å²) < 4.78 is 23.9. The van der Waals surface area contributed by atoms with Crippen LogP contribution in [0.1, 0.15) is 11.1 Å². The second-order valence-corrected chi connectivity index (χ2v) is 5.96. The number of benzene rings is 2. The molecule has 1 amide bonds. The van der Waals surface area contributed by atoms with Crippen LogP contribution in [0.3, 0.4) is 0 Å². The van der Waals surface area contributed by atoms with Gasteiger partial charge in [0.05, 0.1) is 13.0 Å². The van der Waals surface area contributed by atoms with Crippen molar-refractivity contribution in [2.45, 2.75) is 13.3 Å². The van der Waals surface area contributed by atoms with Gasteiger partial charge in [-0.05, 0) is 36.8 Å². The summed E-state index contributed by atoms with van der Waals surface area (Å²) in [7, 11) is 0. The molecule has 0 bridgehead atoms. The normalized spacial score (nSPS) is 10.3. The van der Waals surface area contributed by atoms with Crippen LogP contribution in [-0.2, 0) is 20.7 Å².